The summed E-state index contributed by atoms with van der Waals surface area (Å²) in [5.41, 5.74) is 2.00. The normalized spacial score (nSPS) is 10.5. The smallest absolute Gasteiger partial charge is 0.254 e. The van der Waals surface area contributed by atoms with Gasteiger partial charge < -0.3 is 10.2 Å². The number of carbonyl (C=O) groups is 2. The highest BCUT2D eigenvalue weighted by atomic mass is 19.1. The van der Waals surface area contributed by atoms with Gasteiger partial charge in [0.05, 0.1) is 5.56 Å². The van der Waals surface area contributed by atoms with E-state index >= 15 is 0 Å². The van der Waals surface area contributed by atoms with Crippen molar-refractivity contribution >= 4 is 11.8 Å². The van der Waals surface area contributed by atoms with Crippen LogP contribution in [0.25, 0.3) is 0 Å². The number of nitrogens with one attached hydrogen (secondary N) is 1. The van der Waals surface area contributed by atoms with Crippen LogP contribution in [0.15, 0.2) is 42.5 Å². The van der Waals surface area contributed by atoms with Crippen LogP contribution >= 0.6 is 0 Å². The number of carbonyl (C=O) groups excluding carboxylic acids is 2. The van der Waals surface area contributed by atoms with E-state index < -0.39 is 17.5 Å². The summed E-state index contributed by atoms with van der Waals surface area (Å²) < 4.78 is 26.4. The molecule has 0 heterocycles. The van der Waals surface area contributed by atoms with Gasteiger partial charge in [0.25, 0.3) is 5.91 Å². The van der Waals surface area contributed by atoms with E-state index in [1.54, 1.807) is 11.9 Å². The predicted octanol–water partition coefficient (Wildman–Crippen LogP) is 3.44. The lowest BCUT2D eigenvalue weighted by Gasteiger charge is -2.18. The molecule has 0 fully saturated rings. The van der Waals surface area contributed by atoms with Crippen molar-refractivity contribution in [3.63, 3.8) is 0 Å². The Labute approximate surface area is 151 Å². The summed E-state index contributed by atoms with van der Waals surface area (Å²) in [6, 6.07) is 10.7. The first-order valence-corrected chi connectivity index (χ1v) is 8.40. The molecule has 2 rings (SSSR count). The summed E-state index contributed by atoms with van der Waals surface area (Å²) >= 11 is 0. The molecule has 0 aromatic heterocycles. The van der Waals surface area contributed by atoms with Crippen LogP contribution in [0.2, 0.25) is 0 Å². The average molecular weight is 360 g/mol. The van der Waals surface area contributed by atoms with Crippen molar-refractivity contribution in [2.45, 2.75) is 26.3 Å². The Morgan fingerprint density at radius 3 is 2.54 bits per heavy atom. The number of halogens is 2. The molecule has 1 N–H and O–H groups in total. The maximum absolute atomic E-state index is 13.5. The van der Waals surface area contributed by atoms with Crippen LogP contribution in [0.4, 0.5) is 8.78 Å². The van der Waals surface area contributed by atoms with E-state index in [1.807, 2.05) is 31.2 Å². The minimum absolute atomic E-state index is 0.0320. The molecule has 0 bridgehead atoms. The third-order valence-corrected chi connectivity index (χ3v) is 4.12. The number of aryl methyl sites for hydroxylation is 1. The van der Waals surface area contributed by atoms with Crippen LogP contribution in [0.3, 0.4) is 0 Å². The second kappa shape index (κ2) is 9.08. The first-order chi connectivity index (χ1) is 12.4. The Hall–Kier alpha value is -2.76. The zero-order chi connectivity index (χ0) is 19.1. The molecule has 0 aliphatic rings. The molecule has 0 spiro atoms. The summed E-state index contributed by atoms with van der Waals surface area (Å²) in [6.07, 6.45) is 0.708. The minimum atomic E-state index is -0.906. The average Bonchev–Trinajstić information content (AvgIpc) is 2.60. The molecule has 0 unspecified atom stereocenters. The van der Waals surface area contributed by atoms with Gasteiger partial charge in [0.2, 0.25) is 5.91 Å². The van der Waals surface area contributed by atoms with E-state index in [-0.39, 0.29) is 24.4 Å². The highest BCUT2D eigenvalue weighted by molar-refractivity contribution is 5.94. The van der Waals surface area contributed by atoms with Gasteiger partial charge in [-0.25, -0.2) is 8.78 Å². The lowest BCUT2D eigenvalue weighted by Crippen LogP contribution is -2.29. The molecule has 0 aliphatic heterocycles. The van der Waals surface area contributed by atoms with Crippen LogP contribution in [0.1, 0.15) is 34.3 Å². The highest BCUT2D eigenvalue weighted by Gasteiger charge is 2.13. The molecule has 0 aliphatic carbocycles. The molecule has 0 saturated heterocycles. The van der Waals surface area contributed by atoms with E-state index in [9.17, 15) is 18.4 Å². The predicted molar refractivity (Wildman–Crippen MR) is 95.6 cm³/mol. The topological polar surface area (TPSA) is 49.4 Å². The molecule has 6 heteroatoms. The van der Waals surface area contributed by atoms with E-state index in [0.29, 0.717) is 19.0 Å². The molecule has 2 aromatic rings. The van der Waals surface area contributed by atoms with Crippen molar-refractivity contribution < 1.29 is 18.4 Å². The van der Waals surface area contributed by atoms with Gasteiger partial charge in [-0.3, -0.25) is 9.59 Å². The van der Waals surface area contributed by atoms with E-state index in [4.69, 9.17) is 0 Å². The fourth-order valence-electron chi connectivity index (χ4n) is 2.53. The summed E-state index contributed by atoms with van der Waals surface area (Å²) in [4.78, 5) is 25.7. The molecule has 2 amide bonds. The number of benzene rings is 2. The van der Waals surface area contributed by atoms with Gasteiger partial charge in [0, 0.05) is 32.6 Å². The highest BCUT2D eigenvalue weighted by Crippen LogP contribution is 2.11. The fraction of sp³-hybridized carbons (Fsp3) is 0.300. The molecule has 2 aromatic carbocycles. The van der Waals surface area contributed by atoms with Gasteiger partial charge in [-0.15, -0.1) is 0 Å². The van der Waals surface area contributed by atoms with Gasteiger partial charge in [0.1, 0.15) is 11.6 Å². The van der Waals surface area contributed by atoms with Crippen LogP contribution < -0.4 is 5.32 Å². The lowest BCUT2D eigenvalue weighted by atomic mass is 10.1. The second-order valence-corrected chi connectivity index (χ2v) is 6.16. The zero-order valence-corrected chi connectivity index (χ0v) is 14.9. The molecular formula is C20H22F2N2O2. The molecular weight excluding hydrogens is 338 g/mol. The number of amides is 2. The first kappa shape index (κ1) is 19.6. The van der Waals surface area contributed by atoms with Crippen LogP contribution in [0.5, 0.6) is 0 Å². The maximum Gasteiger partial charge on any atom is 0.254 e. The summed E-state index contributed by atoms with van der Waals surface area (Å²) in [6.45, 7) is 2.76. The third-order valence-electron chi connectivity index (χ3n) is 4.12. The van der Waals surface area contributed by atoms with Gasteiger partial charge >= 0.3 is 0 Å². The monoisotopic (exact) mass is 360 g/mol. The summed E-state index contributed by atoms with van der Waals surface area (Å²) in [5, 5.41) is 2.54. The quantitative estimate of drug-likeness (QED) is 0.769. The maximum atomic E-state index is 13.5. The zero-order valence-electron chi connectivity index (χ0n) is 14.9. The first-order valence-electron chi connectivity index (χ1n) is 8.40. The Kier molecular flexibility index (Phi) is 6.83. The van der Waals surface area contributed by atoms with Gasteiger partial charge in [-0.05, 0) is 36.6 Å². The summed E-state index contributed by atoms with van der Waals surface area (Å²) in [5.74, 6) is -2.29. The Bertz CT molecular complexity index is 793. The van der Waals surface area contributed by atoms with Crippen molar-refractivity contribution in [2.24, 2.45) is 0 Å². The van der Waals surface area contributed by atoms with Crippen molar-refractivity contribution in [1.29, 1.82) is 0 Å². The number of hydrogen-bond acceptors (Lipinski definition) is 2. The van der Waals surface area contributed by atoms with Crippen molar-refractivity contribution in [3.05, 3.63) is 70.8 Å². The van der Waals surface area contributed by atoms with Crippen LogP contribution in [0, 0.1) is 18.6 Å². The standard InChI is InChI=1S/C20H22F2N2O2/c1-14-6-3-4-7-15(14)13-24(2)19(25)8-5-11-23-20(26)17-10-9-16(21)12-18(17)22/h3-4,6-7,9-10,12H,5,8,11,13H2,1-2H3,(H,23,26). The van der Waals surface area contributed by atoms with E-state index in [1.165, 1.54) is 0 Å². The molecule has 138 valence electrons. The van der Waals surface area contributed by atoms with E-state index in [2.05, 4.69) is 5.32 Å². The van der Waals surface area contributed by atoms with Crippen LogP contribution in [-0.4, -0.2) is 30.3 Å². The largest absolute Gasteiger partial charge is 0.352 e. The summed E-state index contributed by atoms with van der Waals surface area (Å²) in [7, 11) is 1.74. The van der Waals surface area contributed by atoms with Gasteiger partial charge in [-0.1, -0.05) is 24.3 Å². The molecule has 4 nitrogen and oxygen atoms in total. The number of nitrogens with zero attached hydrogens (tertiary/aromatic N) is 1. The van der Waals surface area contributed by atoms with Crippen molar-refractivity contribution in [3.8, 4) is 0 Å². The van der Waals surface area contributed by atoms with Crippen molar-refractivity contribution in [1.82, 2.24) is 10.2 Å². The SMILES string of the molecule is Cc1ccccc1CN(C)C(=O)CCCNC(=O)c1ccc(F)cc1F. The minimum Gasteiger partial charge on any atom is -0.352 e. The van der Waals surface area contributed by atoms with Crippen LogP contribution in [-0.2, 0) is 11.3 Å². The fourth-order valence-corrected chi connectivity index (χ4v) is 2.53. The Balaban J connectivity index is 1.76. The Morgan fingerprint density at radius 2 is 1.85 bits per heavy atom. The second-order valence-electron chi connectivity index (χ2n) is 6.16. The molecule has 0 radical (unpaired) electrons. The van der Waals surface area contributed by atoms with E-state index in [0.717, 1.165) is 23.3 Å². The molecule has 26 heavy (non-hydrogen) atoms. The number of rotatable bonds is 7. The third kappa shape index (κ3) is 5.37. The number of hydrogen-bond donors (Lipinski definition) is 1. The van der Waals surface area contributed by atoms with Gasteiger partial charge in [0.15, 0.2) is 0 Å². The van der Waals surface area contributed by atoms with Crippen molar-refractivity contribution in [2.75, 3.05) is 13.6 Å². The lowest BCUT2D eigenvalue weighted by molar-refractivity contribution is -0.130. The Morgan fingerprint density at radius 1 is 1.12 bits per heavy atom. The van der Waals surface area contributed by atoms with Gasteiger partial charge in [-0.2, -0.15) is 0 Å². The molecule has 0 atom stereocenters. The molecule has 0 saturated carbocycles.